The van der Waals surface area contributed by atoms with Gasteiger partial charge in [0, 0.05) is 0 Å². The van der Waals surface area contributed by atoms with Crippen molar-refractivity contribution < 1.29 is 0 Å². The fourth-order valence-corrected chi connectivity index (χ4v) is 5.36. The van der Waals surface area contributed by atoms with Gasteiger partial charge in [-0.25, -0.2) is 0 Å². The molecule has 0 spiro atoms. The van der Waals surface area contributed by atoms with Crippen molar-refractivity contribution in [2.75, 3.05) is 0 Å². The highest BCUT2D eigenvalue weighted by Gasteiger charge is 2.40. The second-order valence-electron chi connectivity index (χ2n) is 9.00. The first-order chi connectivity index (χ1) is 11.7. The molecule has 144 valence electrons. The van der Waals surface area contributed by atoms with Gasteiger partial charge in [0.05, 0.1) is 0 Å². The molecule has 2 unspecified atom stereocenters. The molecule has 0 aromatic heterocycles. The van der Waals surface area contributed by atoms with Crippen LogP contribution in [0.1, 0.15) is 137 Å². The van der Waals surface area contributed by atoms with Crippen molar-refractivity contribution in [2.45, 2.75) is 137 Å². The minimum Gasteiger partial charge on any atom is -0.0654 e. The minimum atomic E-state index is 0.688. The second kappa shape index (κ2) is 13.2. The molecule has 1 aliphatic carbocycles. The van der Waals surface area contributed by atoms with E-state index in [0.29, 0.717) is 5.41 Å². The van der Waals surface area contributed by atoms with Gasteiger partial charge >= 0.3 is 0 Å². The van der Waals surface area contributed by atoms with Gasteiger partial charge in [0.25, 0.3) is 0 Å². The van der Waals surface area contributed by atoms with Gasteiger partial charge in [-0.15, -0.1) is 0 Å². The molecule has 1 saturated carbocycles. The van der Waals surface area contributed by atoms with Gasteiger partial charge in [-0.2, -0.15) is 0 Å². The summed E-state index contributed by atoms with van der Waals surface area (Å²) < 4.78 is 0. The monoisotopic (exact) mass is 336 g/mol. The van der Waals surface area contributed by atoms with Gasteiger partial charge in [0.2, 0.25) is 0 Å². The summed E-state index contributed by atoms with van der Waals surface area (Å²) in [7, 11) is 0. The van der Waals surface area contributed by atoms with Crippen LogP contribution >= 0.6 is 0 Å². The van der Waals surface area contributed by atoms with Gasteiger partial charge in [-0.1, -0.05) is 124 Å². The van der Waals surface area contributed by atoms with Crippen LogP contribution in [0.2, 0.25) is 0 Å². The average Bonchev–Trinajstić information content (AvgIpc) is 2.61. The molecule has 0 aliphatic heterocycles. The smallest absolute Gasteiger partial charge is 0.0246 e. The number of hydrogen-bond acceptors (Lipinski definition) is 0. The Morgan fingerprint density at radius 2 is 1.00 bits per heavy atom. The van der Waals surface area contributed by atoms with E-state index in [2.05, 4.69) is 27.7 Å². The molecule has 1 fully saturated rings. The summed E-state index contributed by atoms with van der Waals surface area (Å²) in [5.41, 5.74) is 0.688. The van der Waals surface area contributed by atoms with Crippen LogP contribution in [0.25, 0.3) is 0 Å². The first-order valence-corrected chi connectivity index (χ1v) is 11.7. The Kier molecular flexibility index (Phi) is 12.2. The van der Waals surface area contributed by atoms with Crippen molar-refractivity contribution in [3.8, 4) is 0 Å². The van der Waals surface area contributed by atoms with Crippen LogP contribution in [0, 0.1) is 17.3 Å². The zero-order chi connectivity index (χ0) is 17.7. The summed E-state index contributed by atoms with van der Waals surface area (Å²) in [5, 5.41) is 0. The third kappa shape index (κ3) is 7.49. The molecule has 0 radical (unpaired) electrons. The number of unbranched alkanes of at least 4 members (excludes halogenated alkanes) is 8. The zero-order valence-corrected chi connectivity index (χ0v) is 17.7. The molecule has 1 rings (SSSR count). The summed E-state index contributed by atoms with van der Waals surface area (Å²) >= 11 is 0. The maximum atomic E-state index is 2.61. The molecule has 0 N–H and O–H groups in total. The van der Waals surface area contributed by atoms with E-state index in [9.17, 15) is 0 Å². The highest BCUT2D eigenvalue weighted by atomic mass is 14.5. The van der Waals surface area contributed by atoms with E-state index in [0.717, 1.165) is 11.8 Å². The van der Waals surface area contributed by atoms with Crippen LogP contribution in [0.3, 0.4) is 0 Å². The molecule has 0 heteroatoms. The lowest BCUT2D eigenvalue weighted by Gasteiger charge is -2.47. The predicted molar refractivity (Wildman–Crippen MR) is 111 cm³/mol. The topological polar surface area (TPSA) is 0 Å². The Hall–Kier alpha value is 0. The average molecular weight is 337 g/mol. The standard InChI is InChI=1S/C24H48/c1-5-7-9-11-14-18-22(3)24(20-16-13-17-21-24)23(4)19-15-12-10-8-6-2/h22-23H,5-21H2,1-4H3. The Bertz CT molecular complexity index is 252. The summed E-state index contributed by atoms with van der Waals surface area (Å²) in [4.78, 5) is 0. The van der Waals surface area contributed by atoms with Gasteiger partial charge < -0.3 is 0 Å². The van der Waals surface area contributed by atoms with Crippen molar-refractivity contribution in [1.82, 2.24) is 0 Å². The third-order valence-corrected chi connectivity index (χ3v) is 7.23. The Morgan fingerprint density at radius 1 is 0.583 bits per heavy atom. The highest BCUT2D eigenvalue weighted by molar-refractivity contribution is 4.91. The lowest BCUT2D eigenvalue weighted by molar-refractivity contribution is 0.0289. The van der Waals surface area contributed by atoms with Crippen molar-refractivity contribution in [3.63, 3.8) is 0 Å². The van der Waals surface area contributed by atoms with E-state index in [1.165, 1.54) is 109 Å². The number of hydrogen-bond donors (Lipinski definition) is 0. The fourth-order valence-electron chi connectivity index (χ4n) is 5.36. The fraction of sp³-hybridized carbons (Fsp3) is 1.00. The zero-order valence-electron chi connectivity index (χ0n) is 17.7. The van der Waals surface area contributed by atoms with Gasteiger partial charge in [0.1, 0.15) is 0 Å². The van der Waals surface area contributed by atoms with Crippen LogP contribution in [-0.2, 0) is 0 Å². The van der Waals surface area contributed by atoms with E-state index >= 15 is 0 Å². The lowest BCUT2D eigenvalue weighted by atomic mass is 9.58. The van der Waals surface area contributed by atoms with Crippen LogP contribution in [0.5, 0.6) is 0 Å². The van der Waals surface area contributed by atoms with E-state index in [1.807, 2.05) is 0 Å². The molecule has 1 aliphatic rings. The van der Waals surface area contributed by atoms with E-state index < -0.39 is 0 Å². The molecule has 0 saturated heterocycles. The molecule has 0 amide bonds. The number of rotatable bonds is 14. The van der Waals surface area contributed by atoms with Crippen molar-refractivity contribution in [1.29, 1.82) is 0 Å². The molecule has 2 atom stereocenters. The summed E-state index contributed by atoms with van der Waals surface area (Å²) in [6.45, 7) is 9.86. The lowest BCUT2D eigenvalue weighted by Crippen LogP contribution is -2.37. The molecule has 0 aromatic rings. The Morgan fingerprint density at radius 3 is 1.42 bits per heavy atom. The SMILES string of the molecule is CCCCCCCC(C)C1(C(C)CCCCCCC)CCCCC1. The van der Waals surface area contributed by atoms with Crippen LogP contribution in [0.15, 0.2) is 0 Å². The molecule has 0 bridgehead atoms. The van der Waals surface area contributed by atoms with Crippen LogP contribution in [-0.4, -0.2) is 0 Å². The molecular weight excluding hydrogens is 288 g/mol. The van der Waals surface area contributed by atoms with Crippen molar-refractivity contribution >= 4 is 0 Å². The maximum absolute atomic E-state index is 2.61. The summed E-state index contributed by atoms with van der Waals surface area (Å²) in [6.07, 6.45) is 25.0. The maximum Gasteiger partial charge on any atom is -0.0246 e. The molecular formula is C24H48. The van der Waals surface area contributed by atoms with E-state index in [-0.39, 0.29) is 0 Å². The molecule has 0 aromatic carbocycles. The summed E-state index contributed by atoms with van der Waals surface area (Å²) in [6, 6.07) is 0. The van der Waals surface area contributed by atoms with Crippen molar-refractivity contribution in [3.05, 3.63) is 0 Å². The Balaban J connectivity index is 2.44. The van der Waals surface area contributed by atoms with E-state index in [1.54, 1.807) is 0 Å². The normalized spacial score (nSPS) is 20.0. The van der Waals surface area contributed by atoms with Gasteiger partial charge in [-0.3, -0.25) is 0 Å². The van der Waals surface area contributed by atoms with Gasteiger partial charge in [-0.05, 0) is 30.1 Å². The predicted octanol–water partition coefficient (Wildman–Crippen LogP) is 8.93. The second-order valence-corrected chi connectivity index (χ2v) is 9.00. The van der Waals surface area contributed by atoms with Gasteiger partial charge in [0.15, 0.2) is 0 Å². The summed E-state index contributed by atoms with van der Waals surface area (Å²) in [5.74, 6) is 1.90. The quantitative estimate of drug-likeness (QED) is 0.278. The molecule has 0 nitrogen and oxygen atoms in total. The van der Waals surface area contributed by atoms with E-state index in [4.69, 9.17) is 0 Å². The molecule has 0 heterocycles. The molecule has 24 heavy (non-hydrogen) atoms. The van der Waals surface area contributed by atoms with Crippen LogP contribution < -0.4 is 0 Å². The minimum absolute atomic E-state index is 0.688. The Labute approximate surface area is 154 Å². The third-order valence-electron chi connectivity index (χ3n) is 7.23. The highest BCUT2D eigenvalue weighted by Crippen LogP contribution is 2.51. The largest absolute Gasteiger partial charge is 0.0654 e. The first-order valence-electron chi connectivity index (χ1n) is 11.7. The first kappa shape index (κ1) is 22.0. The van der Waals surface area contributed by atoms with Crippen molar-refractivity contribution in [2.24, 2.45) is 17.3 Å². The van der Waals surface area contributed by atoms with Crippen LogP contribution in [0.4, 0.5) is 0 Å².